The summed E-state index contributed by atoms with van der Waals surface area (Å²) in [5.41, 5.74) is 7.86. The van der Waals surface area contributed by atoms with Crippen molar-refractivity contribution < 1.29 is 18.3 Å². The number of alkyl halides is 2. The Bertz CT molecular complexity index is 1100. The first-order valence-corrected chi connectivity index (χ1v) is 11.5. The molecule has 2 bridgehead atoms. The van der Waals surface area contributed by atoms with Gasteiger partial charge in [-0.15, -0.1) is 0 Å². The number of nitrogens with two attached hydrogens (primary N) is 1. The van der Waals surface area contributed by atoms with Gasteiger partial charge in [0.25, 0.3) is 0 Å². The lowest BCUT2D eigenvalue weighted by Crippen LogP contribution is -2.31. The van der Waals surface area contributed by atoms with Gasteiger partial charge in [0.1, 0.15) is 0 Å². The number of carbonyl (C=O) groups is 1. The van der Waals surface area contributed by atoms with Gasteiger partial charge in [-0.1, -0.05) is 6.92 Å². The Morgan fingerprint density at radius 1 is 1.21 bits per heavy atom. The van der Waals surface area contributed by atoms with E-state index in [0.717, 1.165) is 25.3 Å². The number of ether oxygens (including phenoxy) is 1. The fraction of sp³-hybridized carbons (Fsp3) is 0.565. The largest absolute Gasteiger partial charge is 0.431 e. The van der Waals surface area contributed by atoms with E-state index in [4.69, 9.17) is 15.7 Å². The number of carbonyl (C=O) groups excluding carboxylic acids is 1. The molecule has 174 valence electrons. The standard InChI is InChI=1S/C23H26F2N6O2/c1-2-19(32)30-9-14-15(10-30)20(14)17-6-16(12-5-18(33-22(24)25)21(26)27-7-12)28-23(29-17)31-8-11-3-13(31)4-11/h5-7,11,13-15,20,22H,2-4,8-10H2,1H3,(H2,26,27)/t11?,13?,14-,15?,20?/m0/s1. The van der Waals surface area contributed by atoms with Crippen LogP contribution in [-0.2, 0) is 4.79 Å². The summed E-state index contributed by atoms with van der Waals surface area (Å²) < 4.78 is 30.2. The van der Waals surface area contributed by atoms with Crippen molar-refractivity contribution in [3.05, 3.63) is 24.0 Å². The Balaban J connectivity index is 1.34. The lowest BCUT2D eigenvalue weighted by molar-refractivity contribution is -0.130. The molecule has 5 fully saturated rings. The number of amides is 1. The van der Waals surface area contributed by atoms with E-state index in [9.17, 15) is 13.6 Å². The minimum atomic E-state index is -2.99. The number of fused-ring (bicyclic) bond motifs is 2. The van der Waals surface area contributed by atoms with Gasteiger partial charge in [-0.3, -0.25) is 4.79 Å². The first-order chi connectivity index (χ1) is 15.9. The van der Waals surface area contributed by atoms with Crippen LogP contribution in [0, 0.1) is 17.8 Å². The minimum Gasteiger partial charge on any atom is -0.431 e. The van der Waals surface area contributed by atoms with Gasteiger partial charge in [-0.05, 0) is 42.7 Å². The van der Waals surface area contributed by atoms with Crippen molar-refractivity contribution in [2.24, 2.45) is 17.8 Å². The van der Waals surface area contributed by atoms with Crippen LogP contribution in [0.4, 0.5) is 20.5 Å². The van der Waals surface area contributed by atoms with Crippen molar-refractivity contribution >= 4 is 17.7 Å². The number of aromatic nitrogens is 3. The number of halogens is 2. The number of rotatable bonds is 6. The zero-order valence-electron chi connectivity index (χ0n) is 18.3. The number of pyridine rings is 1. The van der Waals surface area contributed by atoms with Gasteiger partial charge in [0.05, 0.1) is 11.4 Å². The lowest BCUT2D eigenvalue weighted by atomic mass is 9.86. The van der Waals surface area contributed by atoms with Crippen molar-refractivity contribution in [1.29, 1.82) is 0 Å². The number of nitrogen functional groups attached to an aromatic ring is 1. The van der Waals surface area contributed by atoms with Gasteiger partial charge in [0, 0.05) is 49.8 Å². The van der Waals surface area contributed by atoms with Crippen LogP contribution in [0.3, 0.4) is 0 Å². The fourth-order valence-electron chi connectivity index (χ4n) is 5.85. The molecule has 2 saturated carbocycles. The quantitative estimate of drug-likeness (QED) is 0.714. The smallest absolute Gasteiger partial charge is 0.387 e. The van der Waals surface area contributed by atoms with Crippen molar-refractivity contribution in [2.75, 3.05) is 30.3 Å². The Hall–Kier alpha value is -3.04. The molecule has 3 atom stereocenters. The molecule has 10 heteroatoms. The molecule has 33 heavy (non-hydrogen) atoms. The third-order valence-corrected chi connectivity index (χ3v) is 7.68. The summed E-state index contributed by atoms with van der Waals surface area (Å²) in [6, 6.07) is 3.86. The highest BCUT2D eigenvalue weighted by molar-refractivity contribution is 5.76. The third kappa shape index (κ3) is 3.46. The predicted octanol–water partition coefficient (Wildman–Crippen LogP) is 2.90. The number of piperidine rings is 1. The molecule has 1 amide bonds. The van der Waals surface area contributed by atoms with E-state index in [0.29, 0.717) is 47.4 Å². The molecule has 2 aliphatic carbocycles. The molecule has 2 N–H and O–H groups in total. The fourth-order valence-corrected chi connectivity index (χ4v) is 5.85. The van der Waals surface area contributed by atoms with Gasteiger partial charge in [0.2, 0.25) is 11.9 Å². The van der Waals surface area contributed by atoms with Crippen molar-refractivity contribution in [2.45, 2.75) is 44.8 Å². The van der Waals surface area contributed by atoms with Gasteiger partial charge in [-0.2, -0.15) is 8.78 Å². The molecular formula is C23H26F2N6O2. The summed E-state index contributed by atoms with van der Waals surface area (Å²) in [5.74, 6) is 2.42. The summed E-state index contributed by atoms with van der Waals surface area (Å²) in [6.07, 6.45) is 4.39. The van der Waals surface area contributed by atoms with E-state index < -0.39 is 6.61 Å². The van der Waals surface area contributed by atoms with E-state index in [1.54, 1.807) is 0 Å². The SMILES string of the molecule is CCC(=O)N1CC2C(c3cc(-c4cnc(N)c(OC(F)F)c4)nc(N4CC5CC4C5)n3)[C@H]2C1. The molecule has 7 rings (SSSR count). The number of anilines is 2. The topological polar surface area (TPSA) is 97.5 Å². The summed E-state index contributed by atoms with van der Waals surface area (Å²) in [4.78, 5) is 30.1. The summed E-state index contributed by atoms with van der Waals surface area (Å²) in [7, 11) is 0. The Kier molecular flexibility index (Phi) is 4.67. The number of hydrogen-bond donors (Lipinski definition) is 1. The van der Waals surface area contributed by atoms with E-state index in [-0.39, 0.29) is 23.4 Å². The second-order valence-corrected chi connectivity index (χ2v) is 9.61. The van der Waals surface area contributed by atoms with Gasteiger partial charge >= 0.3 is 6.61 Å². The first kappa shape index (κ1) is 20.6. The van der Waals surface area contributed by atoms with Crippen molar-refractivity contribution in [3.8, 4) is 17.0 Å². The Morgan fingerprint density at radius 3 is 2.61 bits per heavy atom. The van der Waals surface area contributed by atoms with Crippen LogP contribution in [0.15, 0.2) is 18.3 Å². The van der Waals surface area contributed by atoms with Gasteiger partial charge in [0.15, 0.2) is 11.6 Å². The van der Waals surface area contributed by atoms with Crippen molar-refractivity contribution in [3.63, 3.8) is 0 Å². The van der Waals surface area contributed by atoms with E-state index >= 15 is 0 Å². The predicted molar refractivity (Wildman–Crippen MR) is 117 cm³/mol. The minimum absolute atomic E-state index is 0.0914. The van der Waals surface area contributed by atoms with E-state index in [1.165, 1.54) is 25.1 Å². The molecule has 2 aromatic heterocycles. The molecule has 0 aromatic carbocycles. The number of nitrogens with zero attached hydrogens (tertiary/aromatic N) is 5. The van der Waals surface area contributed by atoms with Crippen LogP contribution in [0.2, 0.25) is 0 Å². The van der Waals surface area contributed by atoms with Crippen LogP contribution in [0.1, 0.15) is 37.8 Å². The van der Waals surface area contributed by atoms with Gasteiger partial charge < -0.3 is 20.3 Å². The average Bonchev–Trinajstić information content (AvgIpc) is 3.18. The van der Waals surface area contributed by atoms with Crippen LogP contribution in [0.5, 0.6) is 5.75 Å². The Labute approximate surface area is 190 Å². The molecule has 5 heterocycles. The lowest BCUT2D eigenvalue weighted by Gasteiger charge is -2.26. The second-order valence-electron chi connectivity index (χ2n) is 9.61. The summed E-state index contributed by atoms with van der Waals surface area (Å²) >= 11 is 0. The van der Waals surface area contributed by atoms with Crippen molar-refractivity contribution in [1.82, 2.24) is 19.9 Å². The average molecular weight is 456 g/mol. The van der Waals surface area contributed by atoms with Crippen LogP contribution in [0.25, 0.3) is 11.3 Å². The molecule has 0 radical (unpaired) electrons. The maximum absolute atomic E-state index is 12.8. The summed E-state index contributed by atoms with van der Waals surface area (Å²) in [5, 5.41) is 0. The van der Waals surface area contributed by atoms with Crippen LogP contribution >= 0.6 is 0 Å². The molecular weight excluding hydrogens is 430 g/mol. The number of likely N-dealkylation sites (tertiary alicyclic amines) is 1. The maximum atomic E-state index is 12.8. The van der Waals surface area contributed by atoms with E-state index in [1.807, 2.05) is 17.9 Å². The Morgan fingerprint density at radius 2 is 1.97 bits per heavy atom. The first-order valence-electron chi connectivity index (χ1n) is 11.5. The zero-order chi connectivity index (χ0) is 22.9. The normalized spacial score (nSPS) is 29.3. The van der Waals surface area contributed by atoms with Crippen LogP contribution in [-0.4, -0.2) is 58.0 Å². The third-order valence-electron chi connectivity index (χ3n) is 7.68. The summed E-state index contributed by atoms with van der Waals surface area (Å²) in [6.45, 7) is 1.38. The molecule has 0 spiro atoms. The van der Waals surface area contributed by atoms with E-state index in [2.05, 4.69) is 14.6 Å². The van der Waals surface area contributed by atoms with Crippen LogP contribution < -0.4 is 15.4 Å². The molecule has 5 aliphatic rings. The second kappa shape index (κ2) is 7.50. The highest BCUT2D eigenvalue weighted by Crippen LogP contribution is 2.58. The molecule has 8 nitrogen and oxygen atoms in total. The molecule has 2 unspecified atom stereocenters. The number of hydrogen-bond acceptors (Lipinski definition) is 7. The highest BCUT2D eigenvalue weighted by atomic mass is 19.3. The molecule has 3 saturated heterocycles. The monoisotopic (exact) mass is 456 g/mol. The highest BCUT2D eigenvalue weighted by Gasteiger charge is 2.58. The molecule has 3 aliphatic heterocycles. The maximum Gasteiger partial charge on any atom is 0.387 e. The molecule has 2 aromatic rings. The zero-order valence-corrected chi connectivity index (χ0v) is 18.3. The van der Waals surface area contributed by atoms with Gasteiger partial charge in [-0.25, -0.2) is 15.0 Å².